The molecule has 1 aliphatic carbocycles. The number of hydrogen-bond donors (Lipinski definition) is 1. The Labute approximate surface area is 133 Å². The Kier molecular flexibility index (Phi) is 3.86. The number of carbonyl (C=O) groups is 1. The molecule has 1 heterocycles. The van der Waals surface area contributed by atoms with E-state index in [1.165, 1.54) is 6.07 Å². The highest BCUT2D eigenvalue weighted by molar-refractivity contribution is 5.92. The molecular weight excluding hydrogens is 300 g/mol. The third-order valence-electron chi connectivity index (χ3n) is 4.13. The summed E-state index contributed by atoms with van der Waals surface area (Å²) in [6.07, 6.45) is 3.13. The first-order valence-corrected chi connectivity index (χ1v) is 7.92. The predicted octanol–water partition coefficient (Wildman–Crippen LogP) is 4.41. The van der Waals surface area contributed by atoms with Crippen LogP contribution in [-0.4, -0.2) is 15.5 Å². The quantitative estimate of drug-likeness (QED) is 0.910. The van der Waals surface area contributed by atoms with Gasteiger partial charge in [-0.3, -0.25) is 10.1 Å². The van der Waals surface area contributed by atoms with Gasteiger partial charge in [-0.05, 0) is 36.8 Å². The highest BCUT2D eigenvalue weighted by Gasteiger charge is 2.28. The van der Waals surface area contributed by atoms with E-state index in [0.717, 1.165) is 25.3 Å². The van der Waals surface area contributed by atoms with E-state index in [1.807, 2.05) is 20.8 Å². The summed E-state index contributed by atoms with van der Waals surface area (Å²) in [4.78, 5) is 16.5. The van der Waals surface area contributed by atoms with Gasteiger partial charge in [0, 0.05) is 12.5 Å². The van der Waals surface area contributed by atoms with Crippen molar-refractivity contribution < 1.29 is 13.6 Å². The average molecular weight is 321 g/mol. The number of anilines is 1. The standard InChI is InChI=1S/C17H21F2N3O/c1-17(2,3)9-13(23)21-16-20-12-8-7-11(18)14(19)15(12)22(16)10-5-4-6-10/h7-8,10H,4-6,9H2,1-3H3,(H,20,21,23). The predicted molar refractivity (Wildman–Crippen MR) is 85.2 cm³/mol. The van der Waals surface area contributed by atoms with Gasteiger partial charge in [0.25, 0.3) is 0 Å². The number of halogens is 2. The zero-order valence-corrected chi connectivity index (χ0v) is 13.6. The monoisotopic (exact) mass is 321 g/mol. The molecule has 0 aliphatic heterocycles. The van der Waals surface area contributed by atoms with Gasteiger partial charge in [0.05, 0.1) is 5.52 Å². The van der Waals surface area contributed by atoms with E-state index in [-0.39, 0.29) is 22.9 Å². The van der Waals surface area contributed by atoms with E-state index >= 15 is 0 Å². The first-order valence-electron chi connectivity index (χ1n) is 7.92. The van der Waals surface area contributed by atoms with Gasteiger partial charge in [-0.25, -0.2) is 13.8 Å². The van der Waals surface area contributed by atoms with E-state index < -0.39 is 11.6 Å². The molecule has 0 bridgehead atoms. The van der Waals surface area contributed by atoms with Crippen molar-refractivity contribution in [1.29, 1.82) is 0 Å². The van der Waals surface area contributed by atoms with E-state index in [2.05, 4.69) is 10.3 Å². The number of rotatable bonds is 3. The summed E-state index contributed by atoms with van der Waals surface area (Å²) in [5, 5.41) is 2.78. The second-order valence-electron chi connectivity index (χ2n) is 7.40. The van der Waals surface area contributed by atoms with Crippen LogP contribution in [0.2, 0.25) is 0 Å². The Morgan fingerprint density at radius 3 is 2.61 bits per heavy atom. The topological polar surface area (TPSA) is 46.9 Å². The highest BCUT2D eigenvalue weighted by atomic mass is 19.2. The number of aromatic nitrogens is 2. The maximum absolute atomic E-state index is 14.3. The highest BCUT2D eigenvalue weighted by Crippen LogP contribution is 2.38. The molecule has 6 heteroatoms. The van der Waals surface area contributed by atoms with Crippen molar-refractivity contribution in [1.82, 2.24) is 9.55 Å². The molecule has 0 atom stereocenters. The number of nitrogens with zero attached hydrogens (tertiary/aromatic N) is 2. The number of carbonyl (C=O) groups excluding carboxylic acids is 1. The summed E-state index contributed by atoms with van der Waals surface area (Å²) in [5.74, 6) is -1.67. The summed E-state index contributed by atoms with van der Waals surface area (Å²) >= 11 is 0. The van der Waals surface area contributed by atoms with Gasteiger partial charge in [0.1, 0.15) is 5.52 Å². The lowest BCUT2D eigenvalue weighted by Crippen LogP contribution is -2.24. The van der Waals surface area contributed by atoms with Crippen LogP contribution in [0, 0.1) is 17.0 Å². The molecule has 1 N–H and O–H groups in total. The summed E-state index contributed by atoms with van der Waals surface area (Å²) < 4.78 is 29.5. The number of benzene rings is 1. The van der Waals surface area contributed by atoms with Crippen molar-refractivity contribution in [3.8, 4) is 0 Å². The molecule has 3 rings (SSSR count). The fraction of sp³-hybridized carbons (Fsp3) is 0.529. The van der Waals surface area contributed by atoms with Gasteiger partial charge in [-0.1, -0.05) is 20.8 Å². The number of hydrogen-bond acceptors (Lipinski definition) is 2. The van der Waals surface area contributed by atoms with Crippen molar-refractivity contribution in [2.75, 3.05) is 5.32 Å². The van der Waals surface area contributed by atoms with Crippen molar-refractivity contribution in [3.63, 3.8) is 0 Å². The molecular formula is C17H21F2N3O. The molecule has 1 aromatic carbocycles. The lowest BCUT2D eigenvalue weighted by atomic mass is 9.92. The number of fused-ring (bicyclic) bond motifs is 1. The van der Waals surface area contributed by atoms with E-state index in [9.17, 15) is 13.6 Å². The Hall–Kier alpha value is -1.98. The van der Waals surface area contributed by atoms with Gasteiger partial charge in [0.15, 0.2) is 11.6 Å². The first-order chi connectivity index (χ1) is 10.8. The Bertz CT molecular complexity index is 757. The molecule has 0 saturated heterocycles. The SMILES string of the molecule is CC(C)(C)CC(=O)Nc1nc2ccc(F)c(F)c2n1C1CCC1. The van der Waals surface area contributed by atoms with Crippen molar-refractivity contribution >= 4 is 22.9 Å². The van der Waals surface area contributed by atoms with Crippen LogP contribution in [0.1, 0.15) is 52.5 Å². The molecule has 1 saturated carbocycles. The summed E-state index contributed by atoms with van der Waals surface area (Å²) in [5.41, 5.74) is 0.344. The number of imidazole rings is 1. The molecule has 1 aromatic heterocycles. The smallest absolute Gasteiger partial charge is 0.227 e. The summed E-state index contributed by atoms with van der Waals surface area (Å²) in [6.45, 7) is 5.91. The van der Waals surface area contributed by atoms with Crippen molar-refractivity contribution in [3.05, 3.63) is 23.8 Å². The molecule has 1 amide bonds. The van der Waals surface area contributed by atoms with Crippen LogP contribution in [0.25, 0.3) is 11.0 Å². The Balaban J connectivity index is 2.02. The van der Waals surface area contributed by atoms with Crippen LogP contribution in [0.5, 0.6) is 0 Å². The summed E-state index contributed by atoms with van der Waals surface area (Å²) in [6, 6.07) is 2.57. The molecule has 2 aromatic rings. The third-order valence-corrected chi connectivity index (χ3v) is 4.13. The maximum Gasteiger partial charge on any atom is 0.227 e. The van der Waals surface area contributed by atoms with E-state index in [0.29, 0.717) is 17.9 Å². The average Bonchev–Trinajstić information content (AvgIpc) is 2.69. The second-order valence-corrected chi connectivity index (χ2v) is 7.40. The number of nitrogens with one attached hydrogen (secondary N) is 1. The van der Waals surface area contributed by atoms with Crippen LogP contribution >= 0.6 is 0 Å². The van der Waals surface area contributed by atoms with Gasteiger partial charge >= 0.3 is 0 Å². The van der Waals surface area contributed by atoms with Crippen LogP contribution < -0.4 is 5.32 Å². The van der Waals surface area contributed by atoms with Crippen molar-refractivity contribution in [2.24, 2.45) is 5.41 Å². The minimum atomic E-state index is -0.904. The minimum Gasteiger partial charge on any atom is -0.304 e. The zero-order chi connectivity index (χ0) is 16.8. The zero-order valence-electron chi connectivity index (χ0n) is 13.6. The molecule has 1 aliphatic rings. The Morgan fingerprint density at radius 1 is 1.35 bits per heavy atom. The second kappa shape index (κ2) is 5.58. The Morgan fingerprint density at radius 2 is 2.04 bits per heavy atom. The molecule has 1 fully saturated rings. The fourth-order valence-electron chi connectivity index (χ4n) is 2.86. The lowest BCUT2D eigenvalue weighted by molar-refractivity contribution is -0.117. The van der Waals surface area contributed by atoms with Crippen LogP contribution in [0.15, 0.2) is 12.1 Å². The fourth-order valence-corrected chi connectivity index (χ4v) is 2.86. The lowest BCUT2D eigenvalue weighted by Gasteiger charge is -2.29. The van der Waals surface area contributed by atoms with E-state index in [1.54, 1.807) is 4.57 Å². The first kappa shape index (κ1) is 15.9. The van der Waals surface area contributed by atoms with Gasteiger partial charge < -0.3 is 4.57 Å². The largest absolute Gasteiger partial charge is 0.304 e. The van der Waals surface area contributed by atoms with Gasteiger partial charge in [0.2, 0.25) is 11.9 Å². The van der Waals surface area contributed by atoms with Gasteiger partial charge in [-0.2, -0.15) is 0 Å². The molecule has 0 unspecified atom stereocenters. The maximum atomic E-state index is 14.3. The number of amides is 1. The molecule has 124 valence electrons. The molecule has 0 spiro atoms. The summed E-state index contributed by atoms with van der Waals surface area (Å²) in [7, 11) is 0. The van der Waals surface area contributed by atoms with Crippen molar-refractivity contribution in [2.45, 2.75) is 52.5 Å². The molecule has 23 heavy (non-hydrogen) atoms. The minimum absolute atomic E-state index is 0.0567. The van der Waals surface area contributed by atoms with Crippen LogP contribution in [0.3, 0.4) is 0 Å². The molecule has 4 nitrogen and oxygen atoms in total. The van der Waals surface area contributed by atoms with Crippen LogP contribution in [-0.2, 0) is 4.79 Å². The third kappa shape index (κ3) is 3.07. The van der Waals surface area contributed by atoms with E-state index in [4.69, 9.17) is 0 Å². The molecule has 0 radical (unpaired) electrons. The normalized spacial score (nSPS) is 15.7. The van der Waals surface area contributed by atoms with Gasteiger partial charge in [-0.15, -0.1) is 0 Å². The van der Waals surface area contributed by atoms with Crippen LogP contribution in [0.4, 0.5) is 14.7 Å².